The van der Waals surface area contributed by atoms with E-state index in [9.17, 15) is 8.42 Å². The lowest BCUT2D eigenvalue weighted by Crippen LogP contribution is -2.31. The summed E-state index contributed by atoms with van der Waals surface area (Å²) in [6.45, 7) is 8.66. The van der Waals surface area contributed by atoms with Crippen LogP contribution in [0.15, 0.2) is 17.2 Å². The number of nitrogens with zero attached hydrogens (tertiary/aromatic N) is 2. The monoisotopic (exact) mass is 313 g/mol. The molecule has 6 heteroatoms. The highest BCUT2D eigenvalue weighted by molar-refractivity contribution is 7.89. The molecule has 1 fully saturated rings. The minimum atomic E-state index is -3.36. The lowest BCUT2D eigenvalue weighted by atomic mass is 10.4. The highest BCUT2D eigenvalue weighted by Crippen LogP contribution is 2.37. The van der Waals surface area contributed by atoms with Gasteiger partial charge in [-0.25, -0.2) is 8.42 Å². The molecule has 0 amide bonds. The molecule has 0 spiro atoms. The molecule has 1 aromatic rings. The van der Waals surface area contributed by atoms with Crippen LogP contribution < -0.4 is 5.32 Å². The molecule has 0 bridgehead atoms. The van der Waals surface area contributed by atoms with Crippen molar-refractivity contribution in [3.05, 3.63) is 18.0 Å². The molecule has 0 saturated heterocycles. The summed E-state index contributed by atoms with van der Waals surface area (Å²) in [5.74, 6) is 0. The first-order chi connectivity index (χ1) is 10.0. The van der Waals surface area contributed by atoms with Crippen LogP contribution >= 0.6 is 0 Å². The SMILES string of the molecule is CCCN(CC)S(=O)(=O)c1cc(CNCC)n(C2CC2)c1. The molecular weight excluding hydrogens is 286 g/mol. The molecule has 0 aliphatic heterocycles. The van der Waals surface area contributed by atoms with Crippen molar-refractivity contribution in [2.45, 2.75) is 57.5 Å². The molecule has 1 N–H and O–H groups in total. The van der Waals surface area contributed by atoms with Gasteiger partial charge in [0.2, 0.25) is 10.0 Å². The molecule has 5 nitrogen and oxygen atoms in total. The van der Waals surface area contributed by atoms with E-state index < -0.39 is 10.0 Å². The Hall–Kier alpha value is -0.850. The minimum absolute atomic E-state index is 0.442. The number of hydrogen-bond donors (Lipinski definition) is 1. The highest BCUT2D eigenvalue weighted by Gasteiger charge is 2.30. The van der Waals surface area contributed by atoms with Crippen molar-refractivity contribution in [2.75, 3.05) is 19.6 Å². The Bertz CT molecular complexity index is 561. The van der Waals surface area contributed by atoms with Crippen molar-refractivity contribution in [1.82, 2.24) is 14.2 Å². The fraction of sp³-hybridized carbons (Fsp3) is 0.733. The van der Waals surface area contributed by atoms with Crippen molar-refractivity contribution >= 4 is 10.0 Å². The predicted molar refractivity (Wildman–Crippen MR) is 84.8 cm³/mol. The molecule has 1 aromatic heterocycles. The van der Waals surface area contributed by atoms with Crippen LogP contribution in [0.5, 0.6) is 0 Å². The van der Waals surface area contributed by atoms with Gasteiger partial charge in [-0.15, -0.1) is 0 Å². The summed E-state index contributed by atoms with van der Waals surface area (Å²) in [5, 5.41) is 3.29. The predicted octanol–water partition coefficient (Wildman–Crippen LogP) is 2.35. The third-order valence-corrected chi connectivity index (χ3v) is 5.81. The number of nitrogens with one attached hydrogen (secondary N) is 1. The van der Waals surface area contributed by atoms with Gasteiger partial charge >= 0.3 is 0 Å². The van der Waals surface area contributed by atoms with Crippen molar-refractivity contribution < 1.29 is 8.42 Å². The lowest BCUT2D eigenvalue weighted by Gasteiger charge is -2.18. The van der Waals surface area contributed by atoms with Crippen LogP contribution in [0, 0.1) is 0 Å². The Kier molecular flexibility index (Phi) is 5.46. The van der Waals surface area contributed by atoms with Gasteiger partial charge in [0.1, 0.15) is 4.90 Å². The first-order valence-corrected chi connectivity index (χ1v) is 9.40. The van der Waals surface area contributed by atoms with Gasteiger partial charge in [0, 0.05) is 37.6 Å². The van der Waals surface area contributed by atoms with E-state index in [1.807, 2.05) is 26.1 Å². The van der Waals surface area contributed by atoms with Gasteiger partial charge in [-0.2, -0.15) is 4.31 Å². The van der Waals surface area contributed by atoms with Gasteiger partial charge in [-0.1, -0.05) is 20.8 Å². The zero-order chi connectivity index (χ0) is 15.5. The number of hydrogen-bond acceptors (Lipinski definition) is 3. The first-order valence-electron chi connectivity index (χ1n) is 7.96. The summed E-state index contributed by atoms with van der Waals surface area (Å²) in [6.07, 6.45) is 4.97. The fourth-order valence-corrected chi connectivity index (χ4v) is 4.16. The third-order valence-electron chi connectivity index (χ3n) is 3.87. The second kappa shape index (κ2) is 6.94. The van der Waals surface area contributed by atoms with Crippen molar-refractivity contribution in [2.24, 2.45) is 0 Å². The van der Waals surface area contributed by atoms with Crippen LogP contribution in [-0.4, -0.2) is 36.9 Å². The topological polar surface area (TPSA) is 54.3 Å². The Balaban J connectivity index is 2.30. The number of rotatable bonds is 9. The Labute approximate surface area is 128 Å². The molecule has 1 heterocycles. The first kappa shape index (κ1) is 16.5. The van der Waals surface area contributed by atoms with E-state index in [2.05, 4.69) is 16.8 Å². The van der Waals surface area contributed by atoms with E-state index in [-0.39, 0.29) is 0 Å². The molecule has 0 radical (unpaired) electrons. The fourth-order valence-electron chi connectivity index (χ4n) is 2.57. The van der Waals surface area contributed by atoms with E-state index in [1.165, 1.54) is 0 Å². The van der Waals surface area contributed by atoms with Crippen molar-refractivity contribution in [3.8, 4) is 0 Å². The summed E-state index contributed by atoms with van der Waals surface area (Å²) in [5.41, 5.74) is 1.07. The molecular formula is C15H27N3O2S. The average molecular weight is 313 g/mol. The Morgan fingerprint density at radius 3 is 2.57 bits per heavy atom. The molecule has 0 aromatic carbocycles. The van der Waals surface area contributed by atoms with Gasteiger partial charge in [-0.05, 0) is 31.9 Å². The van der Waals surface area contributed by atoms with Gasteiger partial charge in [-0.3, -0.25) is 0 Å². The second-order valence-corrected chi connectivity index (χ2v) is 7.52. The maximum absolute atomic E-state index is 12.7. The van der Waals surface area contributed by atoms with Gasteiger partial charge < -0.3 is 9.88 Å². The van der Waals surface area contributed by atoms with Crippen molar-refractivity contribution in [3.63, 3.8) is 0 Å². The smallest absolute Gasteiger partial charge is 0.244 e. The van der Waals surface area contributed by atoms with E-state index >= 15 is 0 Å². The van der Waals surface area contributed by atoms with E-state index in [4.69, 9.17) is 0 Å². The van der Waals surface area contributed by atoms with Crippen molar-refractivity contribution in [1.29, 1.82) is 0 Å². The lowest BCUT2D eigenvalue weighted by molar-refractivity contribution is 0.427. The molecule has 1 aliphatic rings. The summed E-state index contributed by atoms with van der Waals surface area (Å²) < 4.78 is 29.2. The van der Waals surface area contributed by atoms with Gasteiger partial charge in [0.05, 0.1) is 0 Å². The molecule has 0 atom stereocenters. The summed E-state index contributed by atoms with van der Waals surface area (Å²) in [7, 11) is -3.36. The largest absolute Gasteiger partial charge is 0.346 e. The van der Waals surface area contributed by atoms with Gasteiger partial charge in [0.25, 0.3) is 0 Å². The second-order valence-electron chi connectivity index (χ2n) is 5.58. The minimum Gasteiger partial charge on any atom is -0.346 e. The quantitative estimate of drug-likeness (QED) is 0.761. The molecule has 2 rings (SSSR count). The molecule has 0 unspecified atom stereocenters. The standard InChI is InChI=1S/C15H27N3O2S/c1-4-9-17(6-3)21(19,20)15-10-14(11-16-5-2)18(12-15)13-7-8-13/h10,12-13,16H,4-9,11H2,1-3H3. The van der Waals surface area contributed by atoms with Crippen LogP contribution in [0.4, 0.5) is 0 Å². The maximum atomic E-state index is 12.7. The summed E-state index contributed by atoms with van der Waals surface area (Å²) >= 11 is 0. The Morgan fingerprint density at radius 1 is 1.33 bits per heavy atom. The third kappa shape index (κ3) is 3.67. The zero-order valence-electron chi connectivity index (χ0n) is 13.3. The summed E-state index contributed by atoms with van der Waals surface area (Å²) in [6, 6.07) is 2.33. The van der Waals surface area contributed by atoms with E-state index in [0.717, 1.165) is 38.0 Å². The number of sulfonamides is 1. The number of aromatic nitrogens is 1. The average Bonchev–Trinajstić information content (AvgIpc) is 3.21. The van der Waals surface area contributed by atoms with Crippen LogP contribution in [-0.2, 0) is 16.6 Å². The molecule has 120 valence electrons. The Morgan fingerprint density at radius 2 is 2.05 bits per heavy atom. The zero-order valence-corrected chi connectivity index (χ0v) is 14.1. The van der Waals surface area contributed by atoms with Crippen LogP contribution in [0.25, 0.3) is 0 Å². The normalized spacial score (nSPS) is 15.8. The van der Waals surface area contributed by atoms with Crippen LogP contribution in [0.3, 0.4) is 0 Å². The summed E-state index contributed by atoms with van der Waals surface area (Å²) in [4.78, 5) is 0.442. The van der Waals surface area contributed by atoms with Gasteiger partial charge in [0.15, 0.2) is 0 Å². The van der Waals surface area contributed by atoms with Crippen LogP contribution in [0.1, 0.15) is 51.8 Å². The molecule has 21 heavy (non-hydrogen) atoms. The van der Waals surface area contributed by atoms with E-state index in [0.29, 0.717) is 24.0 Å². The molecule has 1 saturated carbocycles. The van der Waals surface area contributed by atoms with E-state index in [1.54, 1.807) is 4.31 Å². The molecule has 1 aliphatic carbocycles. The maximum Gasteiger partial charge on any atom is 0.244 e. The highest BCUT2D eigenvalue weighted by atomic mass is 32.2. The van der Waals surface area contributed by atoms with Crippen LogP contribution in [0.2, 0.25) is 0 Å².